The molecule has 0 saturated heterocycles. The molecule has 0 aromatic heterocycles. The van der Waals surface area contributed by atoms with E-state index in [1.54, 1.807) is 0 Å². The van der Waals surface area contributed by atoms with Crippen LogP contribution in [0.3, 0.4) is 0 Å². The van der Waals surface area contributed by atoms with Crippen LogP contribution in [0.1, 0.15) is 0 Å². The summed E-state index contributed by atoms with van der Waals surface area (Å²) in [4.78, 5) is 1.84. The molecule has 0 aromatic carbocycles. The van der Waals surface area contributed by atoms with Crippen molar-refractivity contribution in [1.82, 2.24) is 10.2 Å². The molecule has 0 fully saturated rings. The van der Waals surface area contributed by atoms with Gasteiger partial charge in [-0.15, -0.1) is 0 Å². The van der Waals surface area contributed by atoms with Crippen molar-refractivity contribution in [2.24, 2.45) is 0 Å². The SMILES string of the molecule is CN(C)CCNCC(O)C(F)(F)F. The third-order valence-corrected chi connectivity index (χ3v) is 1.45. The summed E-state index contributed by atoms with van der Waals surface area (Å²) < 4.78 is 35.2. The van der Waals surface area contributed by atoms with Gasteiger partial charge in [0, 0.05) is 19.6 Å². The number of nitrogens with zero attached hydrogens (tertiary/aromatic N) is 1. The first kappa shape index (κ1) is 12.7. The number of aliphatic hydroxyl groups excluding tert-OH is 1. The lowest BCUT2D eigenvalue weighted by atomic mass is 10.3. The molecule has 6 heteroatoms. The number of alkyl halides is 3. The van der Waals surface area contributed by atoms with Crippen LogP contribution in [0.15, 0.2) is 0 Å². The zero-order chi connectivity index (χ0) is 10.5. The highest BCUT2D eigenvalue weighted by Crippen LogP contribution is 2.18. The average molecular weight is 200 g/mol. The second kappa shape index (κ2) is 5.41. The van der Waals surface area contributed by atoms with Crippen molar-refractivity contribution in [1.29, 1.82) is 0 Å². The van der Waals surface area contributed by atoms with Crippen molar-refractivity contribution in [3.63, 3.8) is 0 Å². The van der Waals surface area contributed by atoms with E-state index >= 15 is 0 Å². The highest BCUT2D eigenvalue weighted by Gasteiger charge is 2.37. The van der Waals surface area contributed by atoms with Gasteiger partial charge in [0.25, 0.3) is 0 Å². The summed E-state index contributed by atoms with van der Waals surface area (Å²) in [5, 5.41) is 11.1. The van der Waals surface area contributed by atoms with Crippen molar-refractivity contribution in [2.75, 3.05) is 33.7 Å². The molecule has 0 aliphatic rings. The molecule has 80 valence electrons. The van der Waals surface area contributed by atoms with Crippen molar-refractivity contribution < 1.29 is 18.3 Å². The van der Waals surface area contributed by atoms with Gasteiger partial charge in [-0.2, -0.15) is 13.2 Å². The van der Waals surface area contributed by atoms with Gasteiger partial charge in [-0.1, -0.05) is 0 Å². The minimum absolute atomic E-state index is 0.431. The molecule has 0 aliphatic carbocycles. The molecule has 0 rings (SSSR count). The summed E-state index contributed by atoms with van der Waals surface area (Å²) in [5.41, 5.74) is 0. The van der Waals surface area contributed by atoms with Crippen molar-refractivity contribution in [3.05, 3.63) is 0 Å². The molecule has 2 N–H and O–H groups in total. The molecule has 0 aliphatic heterocycles. The smallest absolute Gasteiger partial charge is 0.382 e. The Kier molecular flexibility index (Phi) is 5.27. The molecule has 0 heterocycles. The number of aliphatic hydroxyl groups is 1. The summed E-state index contributed by atoms with van der Waals surface area (Å²) in [6.45, 7) is 0.627. The molecule has 1 unspecified atom stereocenters. The van der Waals surface area contributed by atoms with E-state index in [0.717, 1.165) is 0 Å². The van der Waals surface area contributed by atoms with Crippen molar-refractivity contribution in [2.45, 2.75) is 12.3 Å². The number of nitrogens with one attached hydrogen (secondary N) is 1. The van der Waals surface area contributed by atoms with Crippen LogP contribution in [0, 0.1) is 0 Å². The van der Waals surface area contributed by atoms with Crippen LogP contribution in [0.2, 0.25) is 0 Å². The molecule has 0 aromatic rings. The van der Waals surface area contributed by atoms with E-state index in [-0.39, 0.29) is 0 Å². The Bertz CT molecular complexity index is 138. The lowest BCUT2D eigenvalue weighted by molar-refractivity contribution is -0.201. The van der Waals surface area contributed by atoms with Gasteiger partial charge in [-0.05, 0) is 14.1 Å². The summed E-state index contributed by atoms with van der Waals surface area (Å²) in [5.74, 6) is 0. The van der Waals surface area contributed by atoms with Gasteiger partial charge in [-0.25, -0.2) is 0 Å². The van der Waals surface area contributed by atoms with Gasteiger partial charge >= 0.3 is 6.18 Å². The maximum absolute atomic E-state index is 11.7. The monoisotopic (exact) mass is 200 g/mol. The maximum atomic E-state index is 11.7. The second-order valence-corrected chi connectivity index (χ2v) is 3.06. The minimum Gasteiger partial charge on any atom is -0.382 e. The van der Waals surface area contributed by atoms with Gasteiger partial charge in [0.1, 0.15) is 0 Å². The Balaban J connectivity index is 3.43. The first-order valence-corrected chi connectivity index (χ1v) is 3.94. The van der Waals surface area contributed by atoms with Gasteiger partial charge < -0.3 is 15.3 Å². The topological polar surface area (TPSA) is 35.5 Å². The van der Waals surface area contributed by atoms with Crippen LogP contribution in [0.25, 0.3) is 0 Å². The lowest BCUT2D eigenvalue weighted by Crippen LogP contribution is -2.40. The fourth-order valence-electron chi connectivity index (χ4n) is 0.657. The van der Waals surface area contributed by atoms with E-state index in [4.69, 9.17) is 5.11 Å². The first-order valence-electron chi connectivity index (χ1n) is 3.94. The minimum atomic E-state index is -4.52. The first-order chi connectivity index (χ1) is 5.84. The fraction of sp³-hybridized carbons (Fsp3) is 1.00. The van der Waals surface area contributed by atoms with Crippen molar-refractivity contribution in [3.8, 4) is 0 Å². The van der Waals surface area contributed by atoms with E-state index in [2.05, 4.69) is 5.32 Å². The zero-order valence-electron chi connectivity index (χ0n) is 7.73. The summed E-state index contributed by atoms with van der Waals surface area (Å²) >= 11 is 0. The molecule has 13 heavy (non-hydrogen) atoms. The van der Waals surface area contributed by atoms with Gasteiger partial charge in [0.2, 0.25) is 0 Å². The van der Waals surface area contributed by atoms with E-state index in [9.17, 15) is 13.2 Å². The highest BCUT2D eigenvalue weighted by atomic mass is 19.4. The second-order valence-electron chi connectivity index (χ2n) is 3.06. The van der Waals surface area contributed by atoms with E-state index in [0.29, 0.717) is 13.1 Å². The normalized spacial score (nSPS) is 15.0. The molecule has 0 spiro atoms. The van der Waals surface area contributed by atoms with E-state index in [1.165, 1.54) is 0 Å². The molecule has 3 nitrogen and oxygen atoms in total. The van der Waals surface area contributed by atoms with Gasteiger partial charge in [0.15, 0.2) is 6.10 Å². The number of hydrogen-bond acceptors (Lipinski definition) is 3. The van der Waals surface area contributed by atoms with Crippen molar-refractivity contribution >= 4 is 0 Å². The Labute approximate surface area is 75.5 Å². The predicted molar refractivity (Wildman–Crippen MR) is 43.5 cm³/mol. The Morgan fingerprint density at radius 2 is 1.92 bits per heavy atom. The van der Waals surface area contributed by atoms with Gasteiger partial charge in [0.05, 0.1) is 0 Å². The standard InChI is InChI=1S/C7H15F3N2O/c1-12(2)4-3-11-5-6(13)7(8,9)10/h6,11,13H,3-5H2,1-2H3. The van der Waals surface area contributed by atoms with Crippen LogP contribution in [-0.2, 0) is 0 Å². The quantitative estimate of drug-likeness (QED) is 0.616. The molecule has 0 bridgehead atoms. The average Bonchev–Trinajstić information content (AvgIpc) is 1.95. The van der Waals surface area contributed by atoms with Crippen LogP contribution >= 0.6 is 0 Å². The third-order valence-electron chi connectivity index (χ3n) is 1.45. The maximum Gasteiger partial charge on any atom is 0.415 e. The number of halogens is 3. The van der Waals surface area contributed by atoms with E-state index in [1.807, 2.05) is 19.0 Å². The lowest BCUT2D eigenvalue weighted by Gasteiger charge is -2.16. The molecular weight excluding hydrogens is 185 g/mol. The molecule has 0 amide bonds. The zero-order valence-corrected chi connectivity index (χ0v) is 7.73. The Morgan fingerprint density at radius 3 is 2.31 bits per heavy atom. The molecular formula is C7H15F3N2O. The summed E-state index contributed by atoms with van der Waals surface area (Å²) in [6, 6.07) is 0. The van der Waals surface area contributed by atoms with E-state index < -0.39 is 18.8 Å². The van der Waals surface area contributed by atoms with Crippen LogP contribution < -0.4 is 5.32 Å². The van der Waals surface area contributed by atoms with Crippen LogP contribution in [-0.4, -0.2) is 56.0 Å². The fourth-order valence-corrected chi connectivity index (χ4v) is 0.657. The number of rotatable bonds is 5. The summed E-state index contributed by atoms with van der Waals surface area (Å²) in [7, 11) is 3.64. The molecule has 0 radical (unpaired) electrons. The van der Waals surface area contributed by atoms with Crippen LogP contribution in [0.4, 0.5) is 13.2 Å². The van der Waals surface area contributed by atoms with Crippen LogP contribution in [0.5, 0.6) is 0 Å². The largest absolute Gasteiger partial charge is 0.415 e. The Morgan fingerprint density at radius 1 is 1.38 bits per heavy atom. The summed E-state index contributed by atoms with van der Waals surface area (Å²) in [6.07, 6.45) is -6.79. The third kappa shape index (κ3) is 6.80. The predicted octanol–water partition coefficient (Wildman–Crippen LogP) is 0.0608. The van der Waals surface area contributed by atoms with Gasteiger partial charge in [-0.3, -0.25) is 0 Å². The number of hydrogen-bond donors (Lipinski definition) is 2. The molecule has 1 atom stereocenters. The Hall–Kier alpha value is -0.330. The molecule has 0 saturated carbocycles. The number of likely N-dealkylation sites (N-methyl/N-ethyl adjacent to an activating group) is 1. The highest BCUT2D eigenvalue weighted by molar-refractivity contribution is 4.67.